The molecule has 0 saturated heterocycles. The number of para-hydroxylation sites is 2. The number of hydrogen-bond acceptors (Lipinski definition) is 6. The molecule has 3 rings (SSSR count). The minimum atomic E-state index is -0.298. The third-order valence-corrected chi connectivity index (χ3v) is 4.63. The van der Waals surface area contributed by atoms with E-state index in [1.54, 1.807) is 24.3 Å². The van der Waals surface area contributed by atoms with Crippen LogP contribution in [-0.4, -0.2) is 29.7 Å². The summed E-state index contributed by atoms with van der Waals surface area (Å²) < 4.78 is 17.1. The second-order valence-electron chi connectivity index (χ2n) is 6.31. The maximum Gasteiger partial charge on any atom is 0.235 e. The Kier molecular flexibility index (Phi) is 6.21. The molecule has 2 aromatic carbocycles. The largest absolute Gasteiger partial charge is 0.507 e. The van der Waals surface area contributed by atoms with Gasteiger partial charge in [-0.3, -0.25) is 9.69 Å². The van der Waals surface area contributed by atoms with Gasteiger partial charge in [-0.2, -0.15) is 0 Å². The van der Waals surface area contributed by atoms with E-state index in [1.807, 2.05) is 26.8 Å². The van der Waals surface area contributed by atoms with Crippen molar-refractivity contribution in [1.82, 2.24) is 4.90 Å². The molecule has 0 aliphatic carbocycles. The van der Waals surface area contributed by atoms with Gasteiger partial charge >= 0.3 is 0 Å². The zero-order valence-corrected chi connectivity index (χ0v) is 16.4. The Morgan fingerprint density at radius 2 is 1.71 bits per heavy atom. The van der Waals surface area contributed by atoms with Crippen LogP contribution in [0.2, 0.25) is 0 Å². The molecular formula is C22H25NO5. The summed E-state index contributed by atoms with van der Waals surface area (Å²) in [5, 5.41) is 10.7. The number of rotatable bonds is 8. The quantitative estimate of drug-likeness (QED) is 0.616. The van der Waals surface area contributed by atoms with Gasteiger partial charge in [0.15, 0.2) is 11.5 Å². The number of phenolic OH excluding ortho intramolecular Hbond substituents is 1. The second-order valence-corrected chi connectivity index (χ2v) is 6.31. The van der Waals surface area contributed by atoms with E-state index in [1.165, 1.54) is 12.3 Å². The van der Waals surface area contributed by atoms with E-state index >= 15 is 0 Å². The van der Waals surface area contributed by atoms with Gasteiger partial charge in [0.05, 0.1) is 17.6 Å². The van der Waals surface area contributed by atoms with Crippen LogP contribution in [0.1, 0.15) is 26.3 Å². The van der Waals surface area contributed by atoms with E-state index in [0.717, 1.165) is 13.1 Å². The molecule has 0 amide bonds. The molecule has 0 spiro atoms. The van der Waals surface area contributed by atoms with Crippen LogP contribution in [0, 0.1) is 0 Å². The summed E-state index contributed by atoms with van der Waals surface area (Å²) in [6.45, 7) is 8.60. The molecule has 0 unspecified atom stereocenters. The van der Waals surface area contributed by atoms with E-state index in [-0.39, 0.29) is 16.9 Å². The van der Waals surface area contributed by atoms with E-state index in [0.29, 0.717) is 41.2 Å². The van der Waals surface area contributed by atoms with Crippen molar-refractivity contribution >= 4 is 11.0 Å². The molecule has 148 valence electrons. The molecule has 1 N–H and O–H groups in total. The lowest BCUT2D eigenvalue weighted by atomic mass is 10.1. The van der Waals surface area contributed by atoms with Crippen LogP contribution in [-0.2, 0) is 6.54 Å². The minimum absolute atomic E-state index is 0.0686. The first-order valence-corrected chi connectivity index (χ1v) is 9.47. The first kappa shape index (κ1) is 19.8. The molecule has 28 heavy (non-hydrogen) atoms. The fourth-order valence-corrected chi connectivity index (χ4v) is 3.05. The minimum Gasteiger partial charge on any atom is -0.507 e. The Bertz CT molecular complexity index is 1010. The zero-order chi connectivity index (χ0) is 20.1. The first-order valence-electron chi connectivity index (χ1n) is 9.47. The van der Waals surface area contributed by atoms with Crippen molar-refractivity contribution in [3.05, 3.63) is 58.4 Å². The SMILES string of the molecule is CCOc1ccccc1Oc1coc2c(CN(CC)CC)c(O)ccc2c1=O. The molecule has 1 aromatic heterocycles. The predicted octanol–water partition coefficient (Wildman–Crippen LogP) is 4.53. The molecule has 3 aromatic rings. The second kappa shape index (κ2) is 8.80. The van der Waals surface area contributed by atoms with Crippen LogP contribution < -0.4 is 14.9 Å². The molecule has 0 saturated carbocycles. The summed E-state index contributed by atoms with van der Waals surface area (Å²) in [7, 11) is 0. The van der Waals surface area contributed by atoms with Crippen molar-refractivity contribution in [2.45, 2.75) is 27.3 Å². The van der Waals surface area contributed by atoms with Gasteiger partial charge in [0, 0.05) is 6.54 Å². The van der Waals surface area contributed by atoms with Gasteiger partial charge < -0.3 is 19.0 Å². The van der Waals surface area contributed by atoms with Crippen LogP contribution in [0.4, 0.5) is 0 Å². The van der Waals surface area contributed by atoms with Crippen molar-refractivity contribution in [3.63, 3.8) is 0 Å². The number of benzene rings is 2. The highest BCUT2D eigenvalue weighted by molar-refractivity contribution is 5.83. The van der Waals surface area contributed by atoms with Gasteiger partial charge in [-0.05, 0) is 44.3 Å². The predicted molar refractivity (Wildman–Crippen MR) is 108 cm³/mol. The summed E-state index contributed by atoms with van der Waals surface area (Å²) in [4.78, 5) is 15.1. The number of nitrogens with zero attached hydrogens (tertiary/aromatic N) is 1. The number of aromatic hydroxyl groups is 1. The van der Waals surface area contributed by atoms with Gasteiger partial charge in [-0.1, -0.05) is 26.0 Å². The van der Waals surface area contributed by atoms with E-state index in [9.17, 15) is 9.90 Å². The number of ether oxygens (including phenoxy) is 2. The maximum atomic E-state index is 13.0. The van der Waals surface area contributed by atoms with Gasteiger partial charge in [0.25, 0.3) is 0 Å². The van der Waals surface area contributed by atoms with E-state index in [2.05, 4.69) is 4.90 Å². The van der Waals surface area contributed by atoms with Crippen LogP contribution in [0.25, 0.3) is 11.0 Å². The maximum absolute atomic E-state index is 13.0. The highest BCUT2D eigenvalue weighted by Gasteiger charge is 2.17. The zero-order valence-electron chi connectivity index (χ0n) is 16.4. The highest BCUT2D eigenvalue weighted by Crippen LogP contribution is 2.32. The molecule has 0 radical (unpaired) electrons. The fourth-order valence-electron chi connectivity index (χ4n) is 3.05. The third-order valence-electron chi connectivity index (χ3n) is 4.63. The van der Waals surface area contributed by atoms with Crippen molar-refractivity contribution in [1.29, 1.82) is 0 Å². The van der Waals surface area contributed by atoms with Crippen LogP contribution >= 0.6 is 0 Å². The summed E-state index contributed by atoms with van der Waals surface area (Å²) in [5.74, 6) is 1.17. The van der Waals surface area contributed by atoms with Crippen molar-refractivity contribution < 1.29 is 19.0 Å². The number of fused-ring (bicyclic) bond motifs is 1. The summed E-state index contributed by atoms with van der Waals surface area (Å²) >= 11 is 0. The molecule has 0 aliphatic heterocycles. The fraction of sp³-hybridized carbons (Fsp3) is 0.318. The Balaban J connectivity index is 2.03. The highest BCUT2D eigenvalue weighted by atomic mass is 16.5. The lowest BCUT2D eigenvalue weighted by Crippen LogP contribution is -2.22. The van der Waals surface area contributed by atoms with Gasteiger partial charge in [-0.25, -0.2) is 0 Å². The van der Waals surface area contributed by atoms with E-state index in [4.69, 9.17) is 13.9 Å². The number of hydrogen-bond donors (Lipinski definition) is 1. The molecular weight excluding hydrogens is 358 g/mol. The molecule has 0 aliphatic rings. The summed E-state index contributed by atoms with van der Waals surface area (Å²) in [5.41, 5.74) is 0.676. The molecule has 0 fully saturated rings. The summed E-state index contributed by atoms with van der Waals surface area (Å²) in [6.07, 6.45) is 1.29. The Labute approximate surface area is 163 Å². The van der Waals surface area contributed by atoms with Crippen LogP contribution in [0.5, 0.6) is 23.0 Å². The lowest BCUT2D eigenvalue weighted by Gasteiger charge is -2.19. The molecule has 0 atom stereocenters. The average Bonchev–Trinajstić information content (AvgIpc) is 2.71. The lowest BCUT2D eigenvalue weighted by molar-refractivity contribution is 0.290. The number of phenols is 1. The van der Waals surface area contributed by atoms with Crippen LogP contribution in [0.3, 0.4) is 0 Å². The normalized spacial score (nSPS) is 11.1. The van der Waals surface area contributed by atoms with Gasteiger partial charge in [0.2, 0.25) is 11.2 Å². The summed E-state index contributed by atoms with van der Waals surface area (Å²) in [6, 6.07) is 10.2. The molecule has 6 heteroatoms. The first-order chi connectivity index (χ1) is 13.6. The molecule has 1 heterocycles. The molecule has 0 bridgehead atoms. The van der Waals surface area contributed by atoms with Crippen molar-refractivity contribution in [2.24, 2.45) is 0 Å². The topological polar surface area (TPSA) is 72.1 Å². The standard InChI is InChI=1S/C22H25NO5/c1-4-23(5-2)13-16-17(24)12-11-15-21(25)20(14-27-22(15)16)28-19-10-8-7-9-18(19)26-6-3/h7-12,14,24H,4-6,13H2,1-3H3. The Morgan fingerprint density at radius 1 is 1.00 bits per heavy atom. The van der Waals surface area contributed by atoms with Crippen molar-refractivity contribution in [2.75, 3.05) is 19.7 Å². The Hall–Kier alpha value is -2.99. The smallest absolute Gasteiger partial charge is 0.235 e. The third kappa shape index (κ3) is 3.97. The van der Waals surface area contributed by atoms with Gasteiger partial charge in [-0.15, -0.1) is 0 Å². The van der Waals surface area contributed by atoms with Gasteiger partial charge in [0.1, 0.15) is 17.6 Å². The van der Waals surface area contributed by atoms with Crippen LogP contribution in [0.15, 0.2) is 51.9 Å². The van der Waals surface area contributed by atoms with E-state index < -0.39 is 0 Å². The Morgan fingerprint density at radius 3 is 2.39 bits per heavy atom. The average molecular weight is 383 g/mol. The monoisotopic (exact) mass is 383 g/mol. The van der Waals surface area contributed by atoms with Crippen molar-refractivity contribution in [3.8, 4) is 23.0 Å². The molecule has 6 nitrogen and oxygen atoms in total.